The first-order valence-electron chi connectivity index (χ1n) is 13.0. The molecule has 186 valence electrons. The van der Waals surface area contributed by atoms with Crippen LogP contribution in [0.5, 0.6) is 5.75 Å². The lowest BCUT2D eigenvalue weighted by atomic mass is 10.0. The molecule has 0 unspecified atom stereocenters. The number of carbonyl (C=O) groups excluding carboxylic acids is 1. The lowest BCUT2D eigenvalue weighted by molar-refractivity contribution is -0.121. The Morgan fingerprint density at radius 2 is 1.48 bits per heavy atom. The maximum atomic E-state index is 12.0. The zero-order chi connectivity index (χ0) is 24.0. The molecular weight excluding hydrogens is 476 g/mol. The van der Waals surface area contributed by atoms with Crippen LogP contribution in [0.3, 0.4) is 0 Å². The van der Waals surface area contributed by atoms with Crippen molar-refractivity contribution in [3.8, 4) is 5.75 Å². The number of hydrogen-bond acceptors (Lipinski definition) is 3. The van der Waals surface area contributed by atoms with Crippen LogP contribution < -0.4 is 10.2 Å². The topological polar surface area (TPSA) is 50.7 Å². The van der Waals surface area contributed by atoms with Crippen molar-refractivity contribution in [1.82, 2.24) is 5.43 Å². The molecule has 0 aliphatic rings. The maximum Gasteiger partial charge on any atom is 0.240 e. The number of ether oxygens (including phenoxy) is 1. The third kappa shape index (κ3) is 16.6. The molecule has 0 bridgehead atoms. The molecule has 0 saturated carbocycles. The van der Waals surface area contributed by atoms with E-state index >= 15 is 0 Å². The van der Waals surface area contributed by atoms with E-state index < -0.39 is 0 Å². The Morgan fingerprint density at radius 3 is 2.03 bits per heavy atom. The Hall–Kier alpha value is -1.62. The predicted octanol–water partition coefficient (Wildman–Crippen LogP) is 8.73. The molecule has 1 aromatic carbocycles. The van der Waals surface area contributed by atoms with E-state index in [-0.39, 0.29) is 5.91 Å². The largest absolute Gasteiger partial charge is 0.489 e. The summed E-state index contributed by atoms with van der Waals surface area (Å²) in [5, 5.41) is 4.09. The van der Waals surface area contributed by atoms with Crippen molar-refractivity contribution >= 4 is 28.1 Å². The summed E-state index contributed by atoms with van der Waals surface area (Å²) in [6, 6.07) is 5.68. The number of halogens is 1. The Bertz CT molecular complexity index is 676. The van der Waals surface area contributed by atoms with Crippen LogP contribution in [0.25, 0.3) is 0 Å². The second kappa shape index (κ2) is 20.9. The highest BCUT2D eigenvalue weighted by Gasteiger charge is 2.03. The molecule has 0 radical (unpaired) electrons. The molecule has 0 aliphatic carbocycles. The highest BCUT2D eigenvalue weighted by molar-refractivity contribution is 9.10. The molecule has 4 nitrogen and oxygen atoms in total. The molecule has 0 heterocycles. The quantitative estimate of drug-likeness (QED) is 0.0761. The molecular formula is C28H45BrN2O2. The van der Waals surface area contributed by atoms with Gasteiger partial charge in [0.1, 0.15) is 12.4 Å². The smallest absolute Gasteiger partial charge is 0.240 e. The van der Waals surface area contributed by atoms with Gasteiger partial charge in [0.2, 0.25) is 5.91 Å². The van der Waals surface area contributed by atoms with E-state index in [1.54, 1.807) is 12.3 Å². The van der Waals surface area contributed by atoms with E-state index in [1.165, 1.54) is 83.5 Å². The number of hydrogen-bond donors (Lipinski definition) is 1. The average Bonchev–Trinajstić information content (AvgIpc) is 2.81. The van der Waals surface area contributed by atoms with Crippen molar-refractivity contribution in [3.63, 3.8) is 0 Å². The molecule has 0 fully saturated rings. The minimum atomic E-state index is -0.0375. The summed E-state index contributed by atoms with van der Waals surface area (Å²) in [6.07, 6.45) is 23.7. The molecule has 1 amide bonds. The van der Waals surface area contributed by atoms with Gasteiger partial charge in [-0.05, 0) is 24.6 Å². The van der Waals surface area contributed by atoms with E-state index in [2.05, 4.69) is 40.0 Å². The summed E-state index contributed by atoms with van der Waals surface area (Å²) in [7, 11) is 0. The molecule has 0 aliphatic heterocycles. The molecule has 0 saturated heterocycles. The van der Waals surface area contributed by atoms with Crippen molar-refractivity contribution in [2.24, 2.45) is 5.10 Å². The van der Waals surface area contributed by atoms with Gasteiger partial charge in [-0.1, -0.05) is 125 Å². The zero-order valence-electron chi connectivity index (χ0n) is 20.8. The summed E-state index contributed by atoms with van der Waals surface area (Å²) in [4.78, 5) is 12.0. The standard InChI is InChI=1S/C28H45BrN2O2/c1-3-5-6-7-8-9-10-11-12-13-14-15-16-17-18-19-28(32)31-30-24-25-23-26(29)20-21-27(25)33-22-4-2/h4,20-21,23-24H,2-3,5-19,22H2,1H3,(H,31,32). The van der Waals surface area contributed by atoms with Crippen molar-refractivity contribution in [2.45, 2.75) is 110 Å². The highest BCUT2D eigenvalue weighted by atomic mass is 79.9. The summed E-state index contributed by atoms with van der Waals surface area (Å²) >= 11 is 3.45. The summed E-state index contributed by atoms with van der Waals surface area (Å²) in [5.74, 6) is 0.669. The fourth-order valence-electron chi connectivity index (χ4n) is 3.79. The molecule has 0 atom stereocenters. The Morgan fingerprint density at radius 1 is 0.939 bits per heavy atom. The molecule has 1 aromatic rings. The fraction of sp³-hybridized carbons (Fsp3) is 0.643. The summed E-state index contributed by atoms with van der Waals surface area (Å²) in [6.45, 7) is 6.36. The molecule has 1 rings (SSSR count). The van der Waals surface area contributed by atoms with Crippen LogP contribution in [0, 0.1) is 0 Å². The zero-order valence-corrected chi connectivity index (χ0v) is 22.3. The highest BCUT2D eigenvalue weighted by Crippen LogP contribution is 2.22. The molecule has 5 heteroatoms. The Kier molecular flexibility index (Phi) is 18.7. The average molecular weight is 522 g/mol. The lowest BCUT2D eigenvalue weighted by Crippen LogP contribution is -2.17. The molecule has 0 aromatic heterocycles. The minimum absolute atomic E-state index is 0.0375. The maximum absolute atomic E-state index is 12.0. The first-order chi connectivity index (χ1) is 16.2. The van der Waals surface area contributed by atoms with Gasteiger partial charge in [0.15, 0.2) is 0 Å². The first kappa shape index (κ1) is 29.4. The Labute approximate surface area is 210 Å². The number of benzene rings is 1. The number of nitrogens with zero attached hydrogens (tertiary/aromatic N) is 1. The van der Waals surface area contributed by atoms with Crippen molar-refractivity contribution in [2.75, 3.05) is 6.61 Å². The van der Waals surface area contributed by atoms with E-state index in [4.69, 9.17) is 4.74 Å². The monoisotopic (exact) mass is 520 g/mol. The number of rotatable bonds is 21. The van der Waals surface area contributed by atoms with Gasteiger partial charge in [0.05, 0.1) is 6.21 Å². The van der Waals surface area contributed by atoms with Crippen LogP contribution in [0.1, 0.15) is 115 Å². The second-order valence-electron chi connectivity index (χ2n) is 8.77. The Balaban J connectivity index is 2.00. The predicted molar refractivity (Wildman–Crippen MR) is 145 cm³/mol. The van der Waals surface area contributed by atoms with Crippen molar-refractivity contribution < 1.29 is 9.53 Å². The van der Waals surface area contributed by atoms with Gasteiger partial charge in [0.25, 0.3) is 0 Å². The fourth-order valence-corrected chi connectivity index (χ4v) is 4.17. The molecule has 0 spiro atoms. The number of hydrazone groups is 1. The van der Waals surface area contributed by atoms with E-state index in [0.29, 0.717) is 18.8 Å². The number of amides is 1. The van der Waals surface area contributed by atoms with Crippen LogP contribution in [0.2, 0.25) is 0 Å². The molecule has 1 N–H and O–H groups in total. The van der Waals surface area contributed by atoms with E-state index in [1.807, 2.05) is 18.2 Å². The van der Waals surface area contributed by atoms with Gasteiger partial charge in [0, 0.05) is 16.5 Å². The van der Waals surface area contributed by atoms with Gasteiger partial charge in [-0.3, -0.25) is 4.79 Å². The normalized spacial score (nSPS) is 11.1. The van der Waals surface area contributed by atoms with Gasteiger partial charge in [-0.2, -0.15) is 5.10 Å². The van der Waals surface area contributed by atoms with Crippen molar-refractivity contribution in [3.05, 3.63) is 40.9 Å². The van der Waals surface area contributed by atoms with Gasteiger partial charge in [-0.25, -0.2) is 5.43 Å². The van der Waals surface area contributed by atoms with Crippen LogP contribution >= 0.6 is 15.9 Å². The first-order valence-corrected chi connectivity index (χ1v) is 13.8. The van der Waals surface area contributed by atoms with Gasteiger partial charge < -0.3 is 4.74 Å². The number of nitrogens with one attached hydrogen (secondary N) is 1. The summed E-state index contributed by atoms with van der Waals surface area (Å²) < 4.78 is 6.55. The van der Waals surface area contributed by atoms with Crippen LogP contribution in [-0.2, 0) is 4.79 Å². The number of carbonyl (C=O) groups is 1. The van der Waals surface area contributed by atoms with E-state index in [0.717, 1.165) is 22.9 Å². The van der Waals surface area contributed by atoms with Crippen LogP contribution in [0.4, 0.5) is 0 Å². The van der Waals surface area contributed by atoms with E-state index in [9.17, 15) is 4.79 Å². The van der Waals surface area contributed by atoms with Gasteiger partial charge >= 0.3 is 0 Å². The number of unbranched alkanes of at least 4 members (excludes halogenated alkanes) is 14. The third-order valence-corrected chi connectivity index (χ3v) is 6.22. The van der Waals surface area contributed by atoms with Crippen LogP contribution in [0.15, 0.2) is 40.4 Å². The molecule has 33 heavy (non-hydrogen) atoms. The van der Waals surface area contributed by atoms with Gasteiger partial charge in [-0.15, -0.1) is 0 Å². The lowest BCUT2D eigenvalue weighted by Gasteiger charge is -2.07. The minimum Gasteiger partial charge on any atom is -0.489 e. The van der Waals surface area contributed by atoms with Crippen LogP contribution in [-0.4, -0.2) is 18.7 Å². The summed E-state index contributed by atoms with van der Waals surface area (Å²) in [5.41, 5.74) is 3.43. The third-order valence-electron chi connectivity index (χ3n) is 5.73. The van der Waals surface area contributed by atoms with Crippen molar-refractivity contribution in [1.29, 1.82) is 0 Å². The second-order valence-corrected chi connectivity index (χ2v) is 9.69. The SMILES string of the molecule is C=CCOc1ccc(Br)cc1C=NNC(=O)CCCCCCCCCCCCCCCCC.